The first kappa shape index (κ1) is 13.1. The van der Waals surface area contributed by atoms with Gasteiger partial charge in [-0.05, 0) is 31.1 Å². The Morgan fingerprint density at radius 1 is 1.10 bits per heavy atom. The molecule has 0 amide bonds. The van der Waals surface area contributed by atoms with E-state index in [1.54, 1.807) is 0 Å². The molecule has 2 aliphatic carbocycles. The Bertz CT molecular complexity index is 518. The minimum Gasteiger partial charge on any atom is -0.378 e. The number of ether oxygens (including phenoxy) is 1. The number of nitrogens with two attached hydrogens (primary N) is 1. The third-order valence-corrected chi connectivity index (χ3v) is 4.99. The van der Waals surface area contributed by atoms with Crippen LogP contribution < -0.4 is 16.0 Å². The average Bonchev–Trinajstić information content (AvgIpc) is 3.10. The van der Waals surface area contributed by atoms with Gasteiger partial charge >= 0.3 is 0 Å². The van der Waals surface area contributed by atoms with E-state index in [0.29, 0.717) is 31.2 Å². The van der Waals surface area contributed by atoms with Crippen molar-refractivity contribution >= 4 is 17.8 Å². The van der Waals surface area contributed by atoms with Gasteiger partial charge in [0.05, 0.1) is 13.2 Å². The summed E-state index contributed by atoms with van der Waals surface area (Å²) >= 11 is 0. The van der Waals surface area contributed by atoms with E-state index in [4.69, 9.17) is 10.5 Å². The largest absolute Gasteiger partial charge is 0.378 e. The lowest BCUT2D eigenvalue weighted by atomic mass is 9.95. The predicted molar refractivity (Wildman–Crippen MR) is 80.1 cm³/mol. The summed E-state index contributed by atoms with van der Waals surface area (Å²) in [4.78, 5) is 15.2. The second-order valence-corrected chi connectivity index (χ2v) is 6.34. The van der Waals surface area contributed by atoms with Gasteiger partial charge in [-0.1, -0.05) is 6.42 Å². The molecule has 0 radical (unpaired) electrons. The third-order valence-electron chi connectivity index (χ3n) is 4.99. The highest BCUT2D eigenvalue weighted by atomic mass is 16.5. The number of nitrogens with one attached hydrogen (secondary N) is 1. The van der Waals surface area contributed by atoms with Gasteiger partial charge in [0.15, 0.2) is 0 Å². The Hall–Kier alpha value is -1.63. The van der Waals surface area contributed by atoms with Crippen LogP contribution in [-0.2, 0) is 4.74 Å². The van der Waals surface area contributed by atoms with Crippen molar-refractivity contribution in [2.45, 2.75) is 31.7 Å². The number of anilines is 3. The van der Waals surface area contributed by atoms with Gasteiger partial charge < -0.3 is 20.7 Å². The van der Waals surface area contributed by atoms with Gasteiger partial charge in [0.1, 0.15) is 0 Å². The van der Waals surface area contributed by atoms with Crippen molar-refractivity contribution in [2.24, 2.45) is 11.8 Å². The van der Waals surface area contributed by atoms with Crippen molar-refractivity contribution in [3.8, 4) is 0 Å². The van der Waals surface area contributed by atoms with Crippen LogP contribution in [0.15, 0.2) is 0 Å². The maximum absolute atomic E-state index is 5.86. The zero-order valence-electron chi connectivity index (χ0n) is 12.2. The van der Waals surface area contributed by atoms with E-state index in [1.807, 2.05) is 0 Å². The average molecular weight is 290 g/mol. The summed E-state index contributed by atoms with van der Waals surface area (Å²) < 4.78 is 5.36. The molecule has 2 heterocycles. The molecule has 3 unspecified atom stereocenters. The predicted octanol–water partition coefficient (Wildman–Crippen LogP) is 0.891. The van der Waals surface area contributed by atoms with Crippen molar-refractivity contribution in [1.29, 1.82) is 0 Å². The third kappa shape index (κ3) is 2.62. The molecule has 2 saturated carbocycles. The monoisotopic (exact) mass is 290 g/mol. The van der Waals surface area contributed by atoms with Crippen LogP contribution >= 0.6 is 0 Å². The van der Waals surface area contributed by atoms with Gasteiger partial charge in [-0.3, -0.25) is 0 Å². The summed E-state index contributed by atoms with van der Waals surface area (Å²) in [5.41, 5.74) is 5.86. The first-order chi connectivity index (χ1) is 10.3. The van der Waals surface area contributed by atoms with Gasteiger partial charge in [0.25, 0.3) is 0 Å². The minimum absolute atomic E-state index is 0.289. The van der Waals surface area contributed by atoms with E-state index in [1.165, 1.54) is 25.7 Å². The molecule has 1 aromatic rings. The van der Waals surface area contributed by atoms with Crippen LogP contribution in [0.4, 0.5) is 17.8 Å². The summed E-state index contributed by atoms with van der Waals surface area (Å²) in [5.74, 6) is 3.25. The Kier molecular flexibility index (Phi) is 3.29. The van der Waals surface area contributed by atoms with Crippen LogP contribution in [-0.4, -0.2) is 47.3 Å². The second kappa shape index (κ2) is 5.29. The number of morpholine rings is 1. The van der Waals surface area contributed by atoms with Crippen molar-refractivity contribution in [2.75, 3.05) is 42.3 Å². The molecule has 3 fully saturated rings. The Morgan fingerprint density at radius 3 is 2.67 bits per heavy atom. The molecule has 4 rings (SSSR count). The Morgan fingerprint density at radius 2 is 1.95 bits per heavy atom. The van der Waals surface area contributed by atoms with Gasteiger partial charge in [-0.15, -0.1) is 0 Å². The molecule has 7 heteroatoms. The molecule has 3 aliphatic rings. The number of hydrogen-bond donors (Lipinski definition) is 2. The van der Waals surface area contributed by atoms with E-state index in [0.717, 1.165) is 24.9 Å². The SMILES string of the molecule is Nc1nc(NC2CC3CCC2C3)nc(N2CCOCC2)n1. The van der Waals surface area contributed by atoms with Crippen LogP contribution in [0, 0.1) is 11.8 Å². The van der Waals surface area contributed by atoms with E-state index < -0.39 is 0 Å². The van der Waals surface area contributed by atoms with Crippen molar-refractivity contribution in [3.05, 3.63) is 0 Å². The van der Waals surface area contributed by atoms with E-state index in [2.05, 4.69) is 25.2 Å². The first-order valence-electron chi connectivity index (χ1n) is 7.89. The zero-order chi connectivity index (χ0) is 14.2. The lowest BCUT2D eigenvalue weighted by Crippen LogP contribution is -2.38. The van der Waals surface area contributed by atoms with Crippen LogP contribution in [0.5, 0.6) is 0 Å². The first-order valence-corrected chi connectivity index (χ1v) is 7.89. The fourth-order valence-electron chi connectivity index (χ4n) is 3.94. The van der Waals surface area contributed by atoms with Crippen molar-refractivity contribution in [1.82, 2.24) is 15.0 Å². The molecule has 2 bridgehead atoms. The molecule has 1 aromatic heterocycles. The van der Waals surface area contributed by atoms with Gasteiger partial charge in [0, 0.05) is 19.1 Å². The standard InChI is InChI=1S/C14H22N6O/c15-12-17-13(16-11-8-9-1-2-10(11)7-9)19-14(18-12)20-3-5-21-6-4-20/h9-11H,1-8H2,(H3,15,16,17,18,19). The Labute approximate surface area is 124 Å². The molecule has 21 heavy (non-hydrogen) atoms. The lowest BCUT2D eigenvalue weighted by Gasteiger charge is -2.27. The minimum atomic E-state index is 0.289. The van der Waals surface area contributed by atoms with Crippen LogP contribution in [0.3, 0.4) is 0 Å². The molecule has 0 spiro atoms. The molecule has 3 atom stereocenters. The molecule has 1 saturated heterocycles. The quantitative estimate of drug-likeness (QED) is 0.854. The molecule has 3 N–H and O–H groups in total. The normalized spacial score (nSPS) is 31.6. The summed E-state index contributed by atoms with van der Waals surface area (Å²) in [7, 11) is 0. The van der Waals surface area contributed by atoms with E-state index >= 15 is 0 Å². The highest BCUT2D eigenvalue weighted by Gasteiger charge is 2.39. The smallest absolute Gasteiger partial charge is 0.232 e. The van der Waals surface area contributed by atoms with E-state index in [9.17, 15) is 0 Å². The molecule has 0 aromatic carbocycles. The van der Waals surface area contributed by atoms with E-state index in [-0.39, 0.29) is 5.95 Å². The van der Waals surface area contributed by atoms with Crippen molar-refractivity contribution in [3.63, 3.8) is 0 Å². The van der Waals surface area contributed by atoms with Crippen molar-refractivity contribution < 1.29 is 4.74 Å². The number of aromatic nitrogens is 3. The van der Waals surface area contributed by atoms with Crippen LogP contribution in [0.25, 0.3) is 0 Å². The molecule has 114 valence electrons. The molecule has 7 nitrogen and oxygen atoms in total. The highest BCUT2D eigenvalue weighted by Crippen LogP contribution is 2.45. The molecule has 1 aliphatic heterocycles. The van der Waals surface area contributed by atoms with Gasteiger partial charge in [-0.25, -0.2) is 0 Å². The van der Waals surface area contributed by atoms with Gasteiger partial charge in [-0.2, -0.15) is 15.0 Å². The number of fused-ring (bicyclic) bond motifs is 2. The fraction of sp³-hybridized carbons (Fsp3) is 0.786. The number of hydrogen-bond acceptors (Lipinski definition) is 7. The number of rotatable bonds is 3. The fourth-order valence-corrected chi connectivity index (χ4v) is 3.94. The zero-order valence-corrected chi connectivity index (χ0v) is 12.2. The molecular weight excluding hydrogens is 268 g/mol. The van der Waals surface area contributed by atoms with Crippen LogP contribution in [0.2, 0.25) is 0 Å². The number of nitrogen functional groups attached to an aromatic ring is 1. The summed E-state index contributed by atoms with van der Waals surface area (Å²) in [5, 5.41) is 3.49. The Balaban J connectivity index is 1.50. The maximum Gasteiger partial charge on any atom is 0.232 e. The van der Waals surface area contributed by atoms with Gasteiger partial charge in [0.2, 0.25) is 17.8 Å². The van der Waals surface area contributed by atoms with Crippen LogP contribution in [0.1, 0.15) is 25.7 Å². The maximum atomic E-state index is 5.86. The summed E-state index contributed by atoms with van der Waals surface area (Å²) in [6.07, 6.45) is 5.32. The highest BCUT2D eigenvalue weighted by molar-refractivity contribution is 5.43. The summed E-state index contributed by atoms with van der Waals surface area (Å²) in [6, 6.07) is 0.503. The second-order valence-electron chi connectivity index (χ2n) is 6.34. The topological polar surface area (TPSA) is 89.2 Å². The number of nitrogens with zero attached hydrogens (tertiary/aromatic N) is 4. The molecular formula is C14H22N6O. The lowest BCUT2D eigenvalue weighted by molar-refractivity contribution is 0.122. The summed E-state index contributed by atoms with van der Waals surface area (Å²) in [6.45, 7) is 3.02.